The average molecular weight is 376 g/mol. The van der Waals surface area contributed by atoms with Crippen molar-refractivity contribution in [3.05, 3.63) is 23.9 Å². The third-order valence-electron chi connectivity index (χ3n) is 4.72. The fraction of sp³-hybridized carbons (Fsp3) is 0.625. The van der Waals surface area contributed by atoms with Gasteiger partial charge < -0.3 is 20.0 Å². The zero-order chi connectivity index (χ0) is 15.5. The Morgan fingerprint density at radius 1 is 1.29 bits per heavy atom. The van der Waals surface area contributed by atoms with E-state index in [0.29, 0.717) is 6.04 Å². The minimum absolute atomic E-state index is 0. The average Bonchev–Trinajstić information content (AvgIpc) is 3.09. The predicted octanol–water partition coefficient (Wildman–Crippen LogP) is 1.11. The SMILES string of the molecule is CN1CCN(c2cc(C(=O)N(C)C3CCNC3)ccn2)CC1.Cl.Cl. The van der Waals surface area contributed by atoms with Gasteiger partial charge in [0.05, 0.1) is 0 Å². The van der Waals surface area contributed by atoms with Crippen LogP contribution in [0.2, 0.25) is 0 Å². The normalized spacial score (nSPS) is 20.9. The number of piperazine rings is 1. The molecule has 136 valence electrons. The lowest BCUT2D eigenvalue weighted by molar-refractivity contribution is 0.0743. The number of aromatic nitrogens is 1. The maximum atomic E-state index is 12.7. The first kappa shape index (κ1) is 21.0. The Kier molecular flexibility index (Phi) is 8.22. The smallest absolute Gasteiger partial charge is 0.254 e. The maximum absolute atomic E-state index is 12.7. The molecular weight excluding hydrogens is 349 g/mol. The lowest BCUT2D eigenvalue weighted by Gasteiger charge is -2.33. The molecule has 1 amide bonds. The zero-order valence-electron chi connectivity index (χ0n) is 14.3. The fourth-order valence-corrected chi connectivity index (χ4v) is 3.10. The Morgan fingerprint density at radius 3 is 2.62 bits per heavy atom. The third kappa shape index (κ3) is 4.72. The Balaban J connectivity index is 0.00000144. The molecule has 0 radical (unpaired) electrons. The number of hydrogen-bond acceptors (Lipinski definition) is 5. The van der Waals surface area contributed by atoms with Gasteiger partial charge in [-0.1, -0.05) is 0 Å². The summed E-state index contributed by atoms with van der Waals surface area (Å²) in [5, 5.41) is 3.31. The topological polar surface area (TPSA) is 51.7 Å². The van der Waals surface area contributed by atoms with Crippen LogP contribution >= 0.6 is 24.8 Å². The monoisotopic (exact) mass is 375 g/mol. The second-order valence-electron chi connectivity index (χ2n) is 6.26. The molecule has 8 heteroatoms. The number of amides is 1. The van der Waals surface area contributed by atoms with Crippen LogP contribution in [0.1, 0.15) is 16.8 Å². The zero-order valence-corrected chi connectivity index (χ0v) is 15.9. The van der Waals surface area contributed by atoms with Gasteiger partial charge in [-0.05, 0) is 32.1 Å². The molecular formula is C16H27Cl2N5O. The minimum Gasteiger partial charge on any atom is -0.354 e. The largest absolute Gasteiger partial charge is 0.354 e. The summed E-state index contributed by atoms with van der Waals surface area (Å²) in [7, 11) is 4.03. The standard InChI is InChI=1S/C16H25N5O.2ClH/c1-19-7-9-21(10-8-19)15-11-13(3-6-18-15)16(22)20(2)14-4-5-17-12-14;;/h3,6,11,14,17H,4-5,7-10,12H2,1-2H3;2*1H. The molecule has 3 heterocycles. The number of carbonyl (C=O) groups excluding carboxylic acids is 1. The van der Waals surface area contributed by atoms with Gasteiger partial charge in [0, 0.05) is 57.6 Å². The van der Waals surface area contributed by atoms with Crippen LogP contribution in [0.4, 0.5) is 5.82 Å². The van der Waals surface area contributed by atoms with Crippen molar-refractivity contribution in [3.8, 4) is 0 Å². The van der Waals surface area contributed by atoms with Crippen molar-refractivity contribution >= 4 is 36.5 Å². The highest BCUT2D eigenvalue weighted by Gasteiger charge is 2.25. The molecule has 1 atom stereocenters. The van der Waals surface area contributed by atoms with Crippen molar-refractivity contribution in [3.63, 3.8) is 0 Å². The number of nitrogens with one attached hydrogen (secondary N) is 1. The number of nitrogens with zero attached hydrogens (tertiary/aromatic N) is 4. The van der Waals surface area contributed by atoms with Gasteiger partial charge in [0.15, 0.2) is 0 Å². The van der Waals surface area contributed by atoms with E-state index in [-0.39, 0.29) is 30.7 Å². The van der Waals surface area contributed by atoms with Crippen LogP contribution in [0, 0.1) is 0 Å². The van der Waals surface area contributed by atoms with Crippen LogP contribution < -0.4 is 10.2 Å². The number of carbonyl (C=O) groups is 1. The van der Waals surface area contributed by atoms with E-state index in [1.165, 1.54) is 0 Å². The van der Waals surface area contributed by atoms with Gasteiger partial charge in [-0.3, -0.25) is 4.79 Å². The van der Waals surface area contributed by atoms with Crippen LogP contribution in [0.3, 0.4) is 0 Å². The molecule has 0 aromatic carbocycles. The summed E-state index contributed by atoms with van der Waals surface area (Å²) in [6.07, 6.45) is 2.78. The minimum atomic E-state index is 0. The summed E-state index contributed by atoms with van der Waals surface area (Å²) in [6.45, 7) is 5.87. The van der Waals surface area contributed by atoms with Crippen LogP contribution in [0.5, 0.6) is 0 Å². The van der Waals surface area contributed by atoms with Gasteiger partial charge in [0.1, 0.15) is 5.82 Å². The van der Waals surface area contributed by atoms with Gasteiger partial charge in [-0.2, -0.15) is 0 Å². The number of halogens is 2. The van der Waals surface area contributed by atoms with Gasteiger partial charge in [0.2, 0.25) is 0 Å². The predicted molar refractivity (Wildman–Crippen MR) is 102 cm³/mol. The molecule has 2 aliphatic heterocycles. The molecule has 0 bridgehead atoms. The summed E-state index contributed by atoms with van der Waals surface area (Å²) in [5.41, 5.74) is 0.735. The van der Waals surface area contributed by atoms with Crippen molar-refractivity contribution in [2.75, 3.05) is 58.3 Å². The van der Waals surface area contributed by atoms with Crippen molar-refractivity contribution in [1.29, 1.82) is 0 Å². The lowest BCUT2D eigenvalue weighted by Crippen LogP contribution is -2.45. The second kappa shape index (κ2) is 9.42. The molecule has 2 fully saturated rings. The highest BCUT2D eigenvalue weighted by molar-refractivity contribution is 5.95. The lowest BCUT2D eigenvalue weighted by atomic mass is 10.1. The molecule has 1 aromatic rings. The van der Waals surface area contributed by atoms with E-state index in [1.54, 1.807) is 6.20 Å². The maximum Gasteiger partial charge on any atom is 0.254 e. The van der Waals surface area contributed by atoms with E-state index in [2.05, 4.69) is 27.1 Å². The van der Waals surface area contributed by atoms with Crippen molar-refractivity contribution in [1.82, 2.24) is 20.1 Å². The van der Waals surface area contributed by atoms with Crippen LogP contribution in [-0.2, 0) is 0 Å². The Morgan fingerprint density at radius 2 is 2.00 bits per heavy atom. The molecule has 0 saturated carbocycles. The quantitative estimate of drug-likeness (QED) is 0.857. The van der Waals surface area contributed by atoms with E-state index >= 15 is 0 Å². The van der Waals surface area contributed by atoms with Crippen LogP contribution in [0.15, 0.2) is 18.3 Å². The third-order valence-corrected chi connectivity index (χ3v) is 4.72. The molecule has 2 saturated heterocycles. The molecule has 0 aliphatic carbocycles. The number of anilines is 1. The molecule has 1 unspecified atom stereocenters. The first-order valence-corrected chi connectivity index (χ1v) is 8.02. The highest BCUT2D eigenvalue weighted by atomic mass is 35.5. The molecule has 3 rings (SSSR count). The van der Waals surface area contributed by atoms with E-state index in [0.717, 1.165) is 57.1 Å². The van der Waals surface area contributed by atoms with Crippen molar-refractivity contribution in [2.45, 2.75) is 12.5 Å². The summed E-state index contributed by atoms with van der Waals surface area (Å²) in [5.74, 6) is 1.00. The van der Waals surface area contributed by atoms with E-state index in [9.17, 15) is 4.79 Å². The first-order chi connectivity index (χ1) is 10.6. The van der Waals surface area contributed by atoms with Gasteiger partial charge in [-0.15, -0.1) is 24.8 Å². The molecule has 1 aromatic heterocycles. The molecule has 1 N–H and O–H groups in total. The van der Waals surface area contributed by atoms with Gasteiger partial charge >= 0.3 is 0 Å². The Bertz CT molecular complexity index is 531. The number of pyridine rings is 1. The number of hydrogen-bond donors (Lipinski definition) is 1. The number of likely N-dealkylation sites (N-methyl/N-ethyl adjacent to an activating group) is 2. The molecule has 0 spiro atoms. The number of rotatable bonds is 3. The molecule has 2 aliphatic rings. The molecule has 6 nitrogen and oxygen atoms in total. The summed E-state index contributed by atoms with van der Waals surface area (Å²) in [4.78, 5) is 23.5. The van der Waals surface area contributed by atoms with Gasteiger partial charge in [0.25, 0.3) is 5.91 Å². The molecule has 24 heavy (non-hydrogen) atoms. The summed E-state index contributed by atoms with van der Waals surface area (Å²) >= 11 is 0. The van der Waals surface area contributed by atoms with Crippen molar-refractivity contribution < 1.29 is 4.79 Å². The Hall–Kier alpha value is -1.08. The summed E-state index contributed by atoms with van der Waals surface area (Å²) < 4.78 is 0. The van der Waals surface area contributed by atoms with Gasteiger partial charge in [-0.25, -0.2) is 4.98 Å². The second-order valence-corrected chi connectivity index (χ2v) is 6.26. The van der Waals surface area contributed by atoms with Crippen LogP contribution in [-0.4, -0.2) is 80.1 Å². The highest BCUT2D eigenvalue weighted by Crippen LogP contribution is 2.17. The first-order valence-electron chi connectivity index (χ1n) is 8.02. The van der Waals surface area contributed by atoms with Crippen LogP contribution in [0.25, 0.3) is 0 Å². The van der Waals surface area contributed by atoms with E-state index in [1.807, 2.05) is 24.1 Å². The van der Waals surface area contributed by atoms with E-state index in [4.69, 9.17) is 0 Å². The Labute approximate surface area is 156 Å². The van der Waals surface area contributed by atoms with E-state index < -0.39 is 0 Å². The fourth-order valence-electron chi connectivity index (χ4n) is 3.10. The van der Waals surface area contributed by atoms with Crippen molar-refractivity contribution in [2.24, 2.45) is 0 Å². The summed E-state index contributed by atoms with van der Waals surface area (Å²) in [6, 6.07) is 4.06.